The van der Waals surface area contributed by atoms with Crippen LogP contribution in [0, 0.1) is 0 Å². The van der Waals surface area contributed by atoms with Gasteiger partial charge in [0, 0.05) is 24.8 Å². The Morgan fingerprint density at radius 2 is 2.12 bits per heavy atom. The van der Waals surface area contributed by atoms with Crippen molar-refractivity contribution in [3.63, 3.8) is 0 Å². The summed E-state index contributed by atoms with van der Waals surface area (Å²) in [6.45, 7) is 3.87. The summed E-state index contributed by atoms with van der Waals surface area (Å²) >= 11 is 11.8. The number of nitrogens with one attached hydrogen (secondary N) is 1. The van der Waals surface area contributed by atoms with Gasteiger partial charge in [-0.3, -0.25) is 0 Å². The molecule has 0 saturated carbocycles. The number of ether oxygens (including phenoxy) is 1. The fourth-order valence-corrected chi connectivity index (χ4v) is 2.60. The van der Waals surface area contributed by atoms with Crippen LogP contribution < -0.4 is 20.9 Å². The third kappa shape index (κ3) is 5.40. The van der Waals surface area contributed by atoms with E-state index in [4.69, 9.17) is 33.8 Å². The van der Waals surface area contributed by atoms with Crippen LogP contribution in [0.25, 0.3) is 0 Å². The van der Waals surface area contributed by atoms with Gasteiger partial charge in [0.25, 0.3) is 5.95 Å². The molecule has 1 aromatic carbocycles. The molecule has 1 aromatic heterocycles. The van der Waals surface area contributed by atoms with Crippen LogP contribution in [0.1, 0.15) is 12.5 Å². The Balaban J connectivity index is 2.17. The normalized spacial score (nSPS) is 11.0. The van der Waals surface area contributed by atoms with E-state index in [2.05, 4.69) is 25.6 Å². The number of hydrogen-bond acceptors (Lipinski definition) is 7. The molecule has 8 nitrogen and oxygen atoms in total. The van der Waals surface area contributed by atoms with Crippen LogP contribution in [-0.4, -0.2) is 52.5 Å². The molecule has 1 heterocycles. The minimum atomic E-state index is 0.341. The molecule has 0 atom stereocenters. The third-order valence-electron chi connectivity index (χ3n) is 3.28. The van der Waals surface area contributed by atoms with Crippen molar-refractivity contribution in [2.45, 2.75) is 6.92 Å². The maximum absolute atomic E-state index is 5.89. The summed E-state index contributed by atoms with van der Waals surface area (Å²) in [4.78, 5) is 2.10. The fraction of sp³-hybridized carbons (Fsp3) is 0.400. The highest BCUT2D eigenvalue weighted by molar-refractivity contribution is 6.18. The van der Waals surface area contributed by atoms with Gasteiger partial charge in [-0.2, -0.15) is 5.10 Å². The number of rotatable bonds is 10. The molecule has 10 heteroatoms. The molecule has 0 aliphatic rings. The highest BCUT2D eigenvalue weighted by Crippen LogP contribution is 2.29. The van der Waals surface area contributed by atoms with E-state index < -0.39 is 0 Å². The Morgan fingerprint density at radius 1 is 1.36 bits per heavy atom. The van der Waals surface area contributed by atoms with Gasteiger partial charge < -0.3 is 15.5 Å². The van der Waals surface area contributed by atoms with E-state index in [0.717, 1.165) is 17.0 Å². The van der Waals surface area contributed by atoms with E-state index >= 15 is 0 Å². The standard InChI is InChI=1S/C15H21Cl2N7O/c1-2-25-14-9-12(10-19-21-15-22-20-11-24(15)18)3-4-13(14)23(7-5-16)8-6-17/h3-4,9-11H,2,5-8,18H2,1H3,(H,21,22)/b19-10+. The Bertz CT molecular complexity index is 686. The van der Waals surface area contributed by atoms with Crippen molar-refractivity contribution < 1.29 is 4.74 Å². The molecule has 0 spiro atoms. The molecule has 0 amide bonds. The van der Waals surface area contributed by atoms with Gasteiger partial charge in [-0.15, -0.1) is 33.4 Å². The van der Waals surface area contributed by atoms with E-state index in [0.29, 0.717) is 37.4 Å². The molecule has 136 valence electrons. The first-order valence-electron chi connectivity index (χ1n) is 7.77. The van der Waals surface area contributed by atoms with Crippen LogP contribution in [0.5, 0.6) is 5.75 Å². The highest BCUT2D eigenvalue weighted by Gasteiger charge is 2.12. The van der Waals surface area contributed by atoms with Crippen LogP contribution in [0.2, 0.25) is 0 Å². The van der Waals surface area contributed by atoms with E-state index in [9.17, 15) is 0 Å². The lowest BCUT2D eigenvalue weighted by Gasteiger charge is -2.25. The molecule has 0 bridgehead atoms. The van der Waals surface area contributed by atoms with Crippen molar-refractivity contribution in [1.82, 2.24) is 14.9 Å². The molecule has 0 aliphatic heterocycles. The van der Waals surface area contributed by atoms with Crippen molar-refractivity contribution in [1.29, 1.82) is 0 Å². The largest absolute Gasteiger partial charge is 0.492 e. The molecule has 2 rings (SSSR count). The molecule has 0 saturated heterocycles. The van der Waals surface area contributed by atoms with E-state index in [1.54, 1.807) is 6.21 Å². The predicted molar refractivity (Wildman–Crippen MR) is 103 cm³/mol. The number of anilines is 2. The maximum atomic E-state index is 5.89. The van der Waals surface area contributed by atoms with Crippen molar-refractivity contribution in [3.8, 4) is 5.75 Å². The summed E-state index contributed by atoms with van der Waals surface area (Å²) < 4.78 is 7.00. The summed E-state index contributed by atoms with van der Waals surface area (Å²) in [5, 5.41) is 11.5. The monoisotopic (exact) mass is 385 g/mol. The van der Waals surface area contributed by atoms with Crippen LogP contribution in [0.4, 0.5) is 11.6 Å². The number of halogens is 2. The summed E-state index contributed by atoms with van der Waals surface area (Å²) in [5.74, 6) is 7.71. The average Bonchev–Trinajstić information content (AvgIpc) is 3.01. The molecule has 25 heavy (non-hydrogen) atoms. The molecular formula is C15H21Cl2N7O. The molecule has 0 fully saturated rings. The maximum Gasteiger partial charge on any atom is 0.263 e. The second kappa shape index (κ2) is 9.95. The van der Waals surface area contributed by atoms with Gasteiger partial charge in [0.15, 0.2) is 0 Å². The highest BCUT2D eigenvalue weighted by atomic mass is 35.5. The number of hydrogen-bond donors (Lipinski definition) is 2. The number of hydrazone groups is 1. The van der Waals surface area contributed by atoms with Crippen molar-refractivity contribution in [3.05, 3.63) is 30.1 Å². The first kappa shape index (κ1) is 19.1. The zero-order valence-electron chi connectivity index (χ0n) is 13.9. The van der Waals surface area contributed by atoms with Gasteiger partial charge in [0.05, 0.1) is 18.5 Å². The quantitative estimate of drug-likeness (QED) is 0.281. The van der Waals surface area contributed by atoms with Gasteiger partial charge >= 0.3 is 0 Å². The van der Waals surface area contributed by atoms with Gasteiger partial charge in [-0.05, 0) is 24.6 Å². The summed E-state index contributed by atoms with van der Waals surface area (Å²) in [6, 6.07) is 5.81. The first-order chi connectivity index (χ1) is 12.2. The number of nitrogens with two attached hydrogens (primary N) is 1. The molecule has 0 unspecified atom stereocenters. The Labute approximate surface area is 156 Å². The summed E-state index contributed by atoms with van der Waals surface area (Å²) in [6.07, 6.45) is 3.02. The summed E-state index contributed by atoms with van der Waals surface area (Å²) in [5.41, 5.74) is 4.53. The van der Waals surface area contributed by atoms with E-state index in [1.807, 2.05) is 25.1 Å². The minimum absolute atomic E-state index is 0.341. The first-order valence-corrected chi connectivity index (χ1v) is 8.84. The Morgan fingerprint density at radius 3 is 2.72 bits per heavy atom. The van der Waals surface area contributed by atoms with E-state index in [-0.39, 0.29) is 0 Å². The zero-order chi connectivity index (χ0) is 18.1. The Kier molecular flexibility index (Phi) is 7.62. The van der Waals surface area contributed by atoms with Gasteiger partial charge in [-0.1, -0.05) is 6.07 Å². The molecular weight excluding hydrogens is 365 g/mol. The van der Waals surface area contributed by atoms with Crippen molar-refractivity contribution in [2.24, 2.45) is 5.10 Å². The molecule has 0 aliphatic carbocycles. The molecule has 2 aromatic rings. The fourth-order valence-electron chi connectivity index (χ4n) is 2.19. The van der Waals surface area contributed by atoms with Crippen LogP contribution in [0.15, 0.2) is 29.6 Å². The molecule has 0 radical (unpaired) electrons. The average molecular weight is 386 g/mol. The van der Waals surface area contributed by atoms with Crippen molar-refractivity contribution >= 4 is 41.1 Å². The lowest BCUT2D eigenvalue weighted by Crippen LogP contribution is -2.28. The lowest BCUT2D eigenvalue weighted by molar-refractivity contribution is 0.340. The Hall–Kier alpha value is -2.19. The number of benzene rings is 1. The van der Waals surface area contributed by atoms with Gasteiger partial charge in [0.1, 0.15) is 12.1 Å². The van der Waals surface area contributed by atoms with Crippen LogP contribution in [0.3, 0.4) is 0 Å². The van der Waals surface area contributed by atoms with Crippen LogP contribution >= 0.6 is 23.2 Å². The summed E-state index contributed by atoms with van der Waals surface area (Å²) in [7, 11) is 0. The van der Waals surface area contributed by atoms with E-state index in [1.165, 1.54) is 11.0 Å². The number of nitrogen functional groups attached to an aromatic ring is 1. The third-order valence-corrected chi connectivity index (χ3v) is 3.62. The van der Waals surface area contributed by atoms with Crippen molar-refractivity contribution in [2.75, 3.05) is 47.6 Å². The van der Waals surface area contributed by atoms with Crippen LogP contribution in [-0.2, 0) is 0 Å². The topological polar surface area (TPSA) is 93.6 Å². The van der Waals surface area contributed by atoms with Gasteiger partial charge in [0.2, 0.25) is 0 Å². The second-order valence-electron chi connectivity index (χ2n) is 4.96. The number of alkyl halides is 2. The number of aromatic nitrogens is 3. The predicted octanol–water partition coefficient (Wildman–Crippen LogP) is 2.12. The second-order valence-corrected chi connectivity index (χ2v) is 5.71. The zero-order valence-corrected chi connectivity index (χ0v) is 15.4. The van der Waals surface area contributed by atoms with Gasteiger partial charge in [-0.25, -0.2) is 10.1 Å². The SMILES string of the molecule is CCOc1cc(/C=N/Nc2nncn2N)ccc1N(CCCl)CCCl. The number of nitrogens with zero attached hydrogens (tertiary/aromatic N) is 5. The molecule has 3 N–H and O–H groups in total. The minimum Gasteiger partial charge on any atom is -0.492 e. The smallest absolute Gasteiger partial charge is 0.263 e. The lowest BCUT2D eigenvalue weighted by atomic mass is 10.2.